The lowest BCUT2D eigenvalue weighted by atomic mass is 10.0. The monoisotopic (exact) mass is 233 g/mol. The van der Waals surface area contributed by atoms with Crippen molar-refractivity contribution in [2.24, 2.45) is 5.73 Å². The van der Waals surface area contributed by atoms with E-state index in [1.807, 2.05) is 11.3 Å². The number of rotatable bonds is 5. The standard InChI is InChI=1S/C14H19NS/c1-2-4-13(15)8-7-11-5-3-6-12-9-10-16-14(11)12/h3,5-6,9-10,13H,2,4,7-8,15H2,1H3. The second-order valence-corrected chi connectivity index (χ2v) is 5.26. The van der Waals surface area contributed by atoms with Crippen molar-refractivity contribution >= 4 is 21.4 Å². The molecule has 0 radical (unpaired) electrons. The van der Waals surface area contributed by atoms with E-state index in [4.69, 9.17) is 5.73 Å². The highest BCUT2D eigenvalue weighted by atomic mass is 32.1. The molecule has 2 aromatic rings. The first-order valence-corrected chi connectivity index (χ1v) is 6.90. The van der Waals surface area contributed by atoms with Gasteiger partial charge in [0.15, 0.2) is 0 Å². The Bertz CT molecular complexity index is 447. The van der Waals surface area contributed by atoms with Gasteiger partial charge < -0.3 is 5.73 Å². The van der Waals surface area contributed by atoms with E-state index in [9.17, 15) is 0 Å². The van der Waals surface area contributed by atoms with Crippen molar-refractivity contribution in [1.82, 2.24) is 0 Å². The zero-order chi connectivity index (χ0) is 11.4. The normalized spacial score (nSPS) is 13.1. The number of fused-ring (bicyclic) bond motifs is 1. The SMILES string of the molecule is CCCC(N)CCc1cccc2ccsc12. The maximum absolute atomic E-state index is 6.05. The van der Waals surface area contributed by atoms with E-state index in [0.29, 0.717) is 6.04 Å². The minimum absolute atomic E-state index is 0.361. The maximum atomic E-state index is 6.05. The molecule has 1 aromatic heterocycles. The molecule has 0 spiro atoms. The molecule has 2 N–H and O–H groups in total. The highest BCUT2D eigenvalue weighted by Gasteiger charge is 2.05. The van der Waals surface area contributed by atoms with E-state index in [0.717, 1.165) is 19.3 Å². The number of nitrogens with two attached hydrogens (primary N) is 1. The molecule has 1 unspecified atom stereocenters. The summed E-state index contributed by atoms with van der Waals surface area (Å²) < 4.78 is 1.44. The van der Waals surface area contributed by atoms with Crippen LogP contribution in [-0.2, 0) is 6.42 Å². The van der Waals surface area contributed by atoms with Crippen LogP contribution in [0.15, 0.2) is 29.6 Å². The number of thiophene rings is 1. The first-order valence-electron chi connectivity index (χ1n) is 6.02. The summed E-state index contributed by atoms with van der Waals surface area (Å²) in [5.74, 6) is 0. The summed E-state index contributed by atoms with van der Waals surface area (Å²) in [5.41, 5.74) is 7.51. The van der Waals surface area contributed by atoms with Crippen molar-refractivity contribution in [2.75, 3.05) is 0 Å². The van der Waals surface area contributed by atoms with Gasteiger partial charge in [-0.3, -0.25) is 0 Å². The van der Waals surface area contributed by atoms with Gasteiger partial charge in [-0.2, -0.15) is 0 Å². The largest absolute Gasteiger partial charge is 0.328 e. The summed E-state index contributed by atoms with van der Waals surface area (Å²) in [6, 6.07) is 9.12. The molecule has 16 heavy (non-hydrogen) atoms. The van der Waals surface area contributed by atoms with Crippen molar-refractivity contribution in [3.8, 4) is 0 Å². The van der Waals surface area contributed by atoms with E-state index in [1.165, 1.54) is 22.1 Å². The Hall–Kier alpha value is -0.860. The van der Waals surface area contributed by atoms with Crippen LogP contribution in [0.25, 0.3) is 10.1 Å². The molecular formula is C14H19NS. The van der Waals surface area contributed by atoms with Gasteiger partial charge in [0, 0.05) is 10.7 Å². The molecule has 2 heteroatoms. The summed E-state index contributed by atoms with van der Waals surface area (Å²) in [5, 5.41) is 3.53. The molecule has 0 aliphatic heterocycles. The van der Waals surface area contributed by atoms with Crippen LogP contribution in [-0.4, -0.2) is 6.04 Å². The van der Waals surface area contributed by atoms with Crippen LogP contribution < -0.4 is 5.73 Å². The molecule has 1 nitrogen and oxygen atoms in total. The molecule has 1 aromatic carbocycles. The van der Waals surface area contributed by atoms with E-state index in [-0.39, 0.29) is 0 Å². The predicted octanol–water partition coefficient (Wildman–Crippen LogP) is 3.96. The number of hydrogen-bond acceptors (Lipinski definition) is 2. The Balaban J connectivity index is 2.06. The Labute approximate surface area is 101 Å². The fourth-order valence-corrected chi connectivity index (χ4v) is 3.05. The van der Waals surface area contributed by atoms with Crippen molar-refractivity contribution in [3.05, 3.63) is 35.2 Å². The summed E-state index contributed by atoms with van der Waals surface area (Å²) in [7, 11) is 0. The number of hydrogen-bond donors (Lipinski definition) is 1. The molecule has 1 heterocycles. The topological polar surface area (TPSA) is 26.0 Å². The quantitative estimate of drug-likeness (QED) is 0.831. The Morgan fingerprint density at radius 3 is 2.94 bits per heavy atom. The van der Waals surface area contributed by atoms with Crippen LogP contribution in [0.5, 0.6) is 0 Å². The second-order valence-electron chi connectivity index (χ2n) is 4.34. The van der Waals surface area contributed by atoms with Crippen LogP contribution in [0.4, 0.5) is 0 Å². The van der Waals surface area contributed by atoms with Crippen molar-refractivity contribution in [2.45, 2.75) is 38.6 Å². The average Bonchev–Trinajstić information content (AvgIpc) is 2.75. The summed E-state index contributed by atoms with van der Waals surface area (Å²) in [6.45, 7) is 2.19. The lowest BCUT2D eigenvalue weighted by Gasteiger charge is -2.10. The van der Waals surface area contributed by atoms with Gasteiger partial charge in [0.2, 0.25) is 0 Å². The van der Waals surface area contributed by atoms with Crippen molar-refractivity contribution < 1.29 is 0 Å². The molecule has 86 valence electrons. The molecule has 0 aliphatic carbocycles. The third-order valence-corrected chi connectivity index (χ3v) is 4.01. The van der Waals surface area contributed by atoms with Crippen molar-refractivity contribution in [3.63, 3.8) is 0 Å². The molecule has 0 fully saturated rings. The molecule has 0 amide bonds. The van der Waals surface area contributed by atoms with E-state index < -0.39 is 0 Å². The lowest BCUT2D eigenvalue weighted by Crippen LogP contribution is -2.20. The molecule has 0 saturated carbocycles. The fraction of sp³-hybridized carbons (Fsp3) is 0.429. The van der Waals surface area contributed by atoms with E-state index in [2.05, 4.69) is 36.6 Å². The first-order chi connectivity index (χ1) is 7.81. The van der Waals surface area contributed by atoms with Gasteiger partial charge in [-0.15, -0.1) is 11.3 Å². The average molecular weight is 233 g/mol. The number of benzene rings is 1. The van der Waals surface area contributed by atoms with Gasteiger partial charge in [0.25, 0.3) is 0 Å². The van der Waals surface area contributed by atoms with E-state index >= 15 is 0 Å². The lowest BCUT2D eigenvalue weighted by molar-refractivity contribution is 0.562. The van der Waals surface area contributed by atoms with Gasteiger partial charge in [-0.05, 0) is 41.7 Å². The highest BCUT2D eigenvalue weighted by Crippen LogP contribution is 2.25. The zero-order valence-electron chi connectivity index (χ0n) is 9.78. The number of aryl methyl sites for hydroxylation is 1. The predicted molar refractivity (Wildman–Crippen MR) is 73.0 cm³/mol. The van der Waals surface area contributed by atoms with Gasteiger partial charge in [-0.25, -0.2) is 0 Å². The Morgan fingerprint density at radius 2 is 2.12 bits per heavy atom. The summed E-state index contributed by atoms with van der Waals surface area (Å²) >= 11 is 1.84. The van der Waals surface area contributed by atoms with Crippen LogP contribution in [0.2, 0.25) is 0 Å². The van der Waals surface area contributed by atoms with Crippen LogP contribution >= 0.6 is 11.3 Å². The Morgan fingerprint density at radius 1 is 1.25 bits per heavy atom. The summed E-state index contributed by atoms with van der Waals surface area (Å²) in [4.78, 5) is 0. The third kappa shape index (κ3) is 2.63. The fourth-order valence-electron chi connectivity index (χ4n) is 2.11. The van der Waals surface area contributed by atoms with E-state index in [1.54, 1.807) is 0 Å². The summed E-state index contributed by atoms with van der Waals surface area (Å²) in [6.07, 6.45) is 4.54. The molecule has 1 atom stereocenters. The van der Waals surface area contributed by atoms with Crippen molar-refractivity contribution in [1.29, 1.82) is 0 Å². The van der Waals surface area contributed by atoms with Crippen LogP contribution in [0.3, 0.4) is 0 Å². The molecule has 0 aliphatic rings. The van der Waals surface area contributed by atoms with Crippen LogP contribution in [0.1, 0.15) is 31.7 Å². The second kappa shape index (κ2) is 5.46. The van der Waals surface area contributed by atoms with Gasteiger partial charge in [-0.1, -0.05) is 31.5 Å². The molecule has 0 bridgehead atoms. The van der Waals surface area contributed by atoms with Gasteiger partial charge >= 0.3 is 0 Å². The van der Waals surface area contributed by atoms with Crippen LogP contribution in [0, 0.1) is 0 Å². The minimum Gasteiger partial charge on any atom is -0.328 e. The molecular weight excluding hydrogens is 214 g/mol. The third-order valence-electron chi connectivity index (χ3n) is 3.00. The molecule has 0 saturated heterocycles. The minimum atomic E-state index is 0.361. The molecule has 2 rings (SSSR count). The Kier molecular flexibility index (Phi) is 3.97. The highest BCUT2D eigenvalue weighted by molar-refractivity contribution is 7.17. The van der Waals surface area contributed by atoms with Gasteiger partial charge in [0.1, 0.15) is 0 Å². The zero-order valence-corrected chi connectivity index (χ0v) is 10.6. The smallest absolute Gasteiger partial charge is 0.0374 e. The van der Waals surface area contributed by atoms with Gasteiger partial charge in [0.05, 0.1) is 0 Å². The maximum Gasteiger partial charge on any atom is 0.0374 e. The first kappa shape index (κ1) is 11.6.